The van der Waals surface area contributed by atoms with E-state index in [0.29, 0.717) is 5.69 Å². The van der Waals surface area contributed by atoms with Gasteiger partial charge in [0.1, 0.15) is 0 Å². The second-order valence-corrected chi connectivity index (χ2v) is 4.36. The molecule has 0 saturated carbocycles. The number of methoxy groups -OCH3 is 1. The van der Waals surface area contributed by atoms with Gasteiger partial charge in [0.05, 0.1) is 29.6 Å². The third-order valence-corrected chi connectivity index (χ3v) is 3.00. The lowest BCUT2D eigenvalue weighted by molar-refractivity contribution is -0.137. The monoisotopic (exact) mass is 295 g/mol. The van der Waals surface area contributed by atoms with Crippen LogP contribution >= 0.6 is 0 Å². The van der Waals surface area contributed by atoms with Crippen molar-refractivity contribution in [1.29, 1.82) is 0 Å². The van der Waals surface area contributed by atoms with Gasteiger partial charge in [-0.15, -0.1) is 0 Å². The SMILES string of the molecule is COC(=O)c1ccc(-c2ccccc2C(F)(F)F)nc1C. The number of aromatic nitrogens is 1. The number of halogens is 3. The topological polar surface area (TPSA) is 39.2 Å². The van der Waals surface area contributed by atoms with Crippen molar-refractivity contribution in [3.05, 3.63) is 53.2 Å². The van der Waals surface area contributed by atoms with Crippen molar-refractivity contribution in [3.8, 4) is 11.3 Å². The molecule has 0 amide bonds. The summed E-state index contributed by atoms with van der Waals surface area (Å²) in [6.07, 6.45) is -4.47. The third-order valence-electron chi connectivity index (χ3n) is 3.00. The molecule has 0 N–H and O–H groups in total. The van der Waals surface area contributed by atoms with E-state index in [0.717, 1.165) is 6.07 Å². The Labute approximate surface area is 119 Å². The number of carbonyl (C=O) groups is 1. The van der Waals surface area contributed by atoms with Gasteiger partial charge < -0.3 is 4.74 Å². The molecular weight excluding hydrogens is 283 g/mol. The maximum Gasteiger partial charge on any atom is 0.417 e. The fourth-order valence-electron chi connectivity index (χ4n) is 1.99. The van der Waals surface area contributed by atoms with Crippen LogP contribution in [0.15, 0.2) is 36.4 Å². The van der Waals surface area contributed by atoms with Crippen molar-refractivity contribution in [1.82, 2.24) is 4.98 Å². The maximum atomic E-state index is 13.0. The minimum Gasteiger partial charge on any atom is -0.465 e. The lowest BCUT2D eigenvalue weighted by Crippen LogP contribution is -2.09. The van der Waals surface area contributed by atoms with Crippen molar-refractivity contribution in [2.75, 3.05) is 7.11 Å². The second-order valence-electron chi connectivity index (χ2n) is 4.36. The molecule has 2 rings (SSSR count). The van der Waals surface area contributed by atoms with Gasteiger partial charge in [0, 0.05) is 5.56 Å². The van der Waals surface area contributed by atoms with E-state index in [-0.39, 0.29) is 16.8 Å². The van der Waals surface area contributed by atoms with Gasteiger partial charge in [-0.1, -0.05) is 18.2 Å². The van der Waals surface area contributed by atoms with Crippen LogP contribution in [0.25, 0.3) is 11.3 Å². The summed E-state index contributed by atoms with van der Waals surface area (Å²) in [4.78, 5) is 15.6. The van der Waals surface area contributed by atoms with Crippen LogP contribution in [-0.4, -0.2) is 18.1 Å². The lowest BCUT2D eigenvalue weighted by atomic mass is 10.0. The number of rotatable bonds is 2. The van der Waals surface area contributed by atoms with Crippen LogP contribution in [0.1, 0.15) is 21.6 Å². The molecule has 0 radical (unpaired) electrons. The molecule has 0 unspecified atom stereocenters. The standard InChI is InChI=1S/C15H12F3NO2/c1-9-10(14(20)21-2)7-8-13(19-9)11-5-3-4-6-12(11)15(16,17)18/h3-8H,1-2H3. The Morgan fingerprint density at radius 3 is 2.38 bits per heavy atom. The molecule has 0 aliphatic carbocycles. The summed E-state index contributed by atoms with van der Waals surface area (Å²) in [6.45, 7) is 1.55. The fourth-order valence-corrected chi connectivity index (χ4v) is 1.99. The molecule has 1 aromatic carbocycles. The smallest absolute Gasteiger partial charge is 0.417 e. The average molecular weight is 295 g/mol. The Balaban J connectivity index is 2.54. The summed E-state index contributed by atoms with van der Waals surface area (Å²) >= 11 is 0. The molecule has 21 heavy (non-hydrogen) atoms. The molecular formula is C15H12F3NO2. The van der Waals surface area contributed by atoms with Crippen molar-refractivity contribution in [2.24, 2.45) is 0 Å². The largest absolute Gasteiger partial charge is 0.465 e. The second kappa shape index (κ2) is 5.55. The van der Waals surface area contributed by atoms with Crippen molar-refractivity contribution in [2.45, 2.75) is 13.1 Å². The minimum absolute atomic E-state index is 0.0236. The third kappa shape index (κ3) is 3.04. The molecule has 0 aliphatic heterocycles. The molecule has 0 saturated heterocycles. The summed E-state index contributed by atoms with van der Waals surface area (Å²) in [5.74, 6) is -0.573. The number of benzene rings is 1. The zero-order valence-corrected chi connectivity index (χ0v) is 11.4. The summed E-state index contributed by atoms with van der Waals surface area (Å²) in [7, 11) is 1.23. The Morgan fingerprint density at radius 2 is 1.81 bits per heavy atom. The van der Waals surface area contributed by atoms with E-state index < -0.39 is 17.7 Å². The number of ether oxygens (including phenoxy) is 1. The molecule has 0 spiro atoms. The van der Waals surface area contributed by atoms with Gasteiger partial charge in [0.25, 0.3) is 0 Å². The quantitative estimate of drug-likeness (QED) is 0.790. The fraction of sp³-hybridized carbons (Fsp3) is 0.200. The highest BCUT2D eigenvalue weighted by Crippen LogP contribution is 2.36. The summed E-state index contributed by atoms with van der Waals surface area (Å²) in [5, 5.41) is 0. The molecule has 6 heteroatoms. The Kier molecular flexibility index (Phi) is 3.97. The van der Waals surface area contributed by atoms with E-state index in [4.69, 9.17) is 0 Å². The predicted octanol–water partition coefficient (Wildman–Crippen LogP) is 3.86. The number of alkyl halides is 3. The molecule has 3 nitrogen and oxygen atoms in total. The van der Waals surface area contributed by atoms with Gasteiger partial charge in [-0.3, -0.25) is 4.98 Å². The number of esters is 1. The Morgan fingerprint density at radius 1 is 1.14 bits per heavy atom. The van der Waals surface area contributed by atoms with Gasteiger partial charge in [0.15, 0.2) is 0 Å². The summed E-state index contributed by atoms with van der Waals surface area (Å²) < 4.78 is 43.6. The Bertz CT molecular complexity index is 681. The van der Waals surface area contributed by atoms with Crippen LogP contribution < -0.4 is 0 Å². The molecule has 110 valence electrons. The molecule has 0 atom stereocenters. The van der Waals surface area contributed by atoms with Gasteiger partial charge >= 0.3 is 12.1 Å². The molecule has 0 bridgehead atoms. The average Bonchev–Trinajstić information content (AvgIpc) is 2.45. The first-order chi connectivity index (χ1) is 9.84. The van der Waals surface area contributed by atoms with E-state index >= 15 is 0 Å². The normalized spacial score (nSPS) is 11.3. The first-order valence-electron chi connectivity index (χ1n) is 6.07. The van der Waals surface area contributed by atoms with Crippen LogP contribution in [0.4, 0.5) is 13.2 Å². The van der Waals surface area contributed by atoms with E-state index in [1.54, 1.807) is 6.92 Å². The van der Waals surface area contributed by atoms with Crippen LogP contribution in [0.2, 0.25) is 0 Å². The van der Waals surface area contributed by atoms with Crippen LogP contribution in [0.3, 0.4) is 0 Å². The van der Waals surface area contributed by atoms with E-state index in [2.05, 4.69) is 9.72 Å². The number of aryl methyl sites for hydroxylation is 1. The highest BCUT2D eigenvalue weighted by molar-refractivity contribution is 5.90. The van der Waals surface area contributed by atoms with Gasteiger partial charge in [-0.2, -0.15) is 13.2 Å². The predicted molar refractivity (Wildman–Crippen MR) is 70.8 cm³/mol. The number of hydrogen-bond acceptors (Lipinski definition) is 3. The van der Waals surface area contributed by atoms with E-state index in [9.17, 15) is 18.0 Å². The molecule has 2 aromatic rings. The number of nitrogens with zero attached hydrogens (tertiary/aromatic N) is 1. The van der Waals surface area contributed by atoms with Gasteiger partial charge in [0.2, 0.25) is 0 Å². The first kappa shape index (κ1) is 15.0. The first-order valence-corrected chi connectivity index (χ1v) is 6.07. The van der Waals surface area contributed by atoms with E-state index in [1.165, 1.54) is 37.4 Å². The minimum atomic E-state index is -4.47. The number of carbonyl (C=O) groups excluding carboxylic acids is 1. The van der Waals surface area contributed by atoms with Gasteiger partial charge in [-0.25, -0.2) is 4.79 Å². The zero-order chi connectivity index (χ0) is 15.6. The number of hydrogen-bond donors (Lipinski definition) is 0. The molecule has 1 aromatic heterocycles. The van der Waals surface area contributed by atoms with E-state index in [1.807, 2.05) is 0 Å². The van der Waals surface area contributed by atoms with Crippen molar-refractivity contribution < 1.29 is 22.7 Å². The van der Waals surface area contributed by atoms with Gasteiger partial charge in [-0.05, 0) is 25.1 Å². The number of pyridine rings is 1. The summed E-state index contributed by atoms with van der Waals surface area (Å²) in [6, 6.07) is 7.97. The molecule has 0 fully saturated rings. The maximum absolute atomic E-state index is 13.0. The Hall–Kier alpha value is -2.37. The highest BCUT2D eigenvalue weighted by atomic mass is 19.4. The molecule has 0 aliphatic rings. The lowest BCUT2D eigenvalue weighted by Gasteiger charge is -2.13. The van der Waals surface area contributed by atoms with Crippen molar-refractivity contribution in [3.63, 3.8) is 0 Å². The summed E-state index contributed by atoms with van der Waals surface area (Å²) in [5.41, 5.74) is -0.0811. The molecule has 1 heterocycles. The van der Waals surface area contributed by atoms with Crippen LogP contribution in [-0.2, 0) is 10.9 Å². The zero-order valence-electron chi connectivity index (χ0n) is 11.4. The van der Waals surface area contributed by atoms with Crippen LogP contribution in [0.5, 0.6) is 0 Å². The highest BCUT2D eigenvalue weighted by Gasteiger charge is 2.33. The van der Waals surface area contributed by atoms with Crippen LogP contribution in [0, 0.1) is 6.92 Å². The van der Waals surface area contributed by atoms with Crippen molar-refractivity contribution >= 4 is 5.97 Å².